The number of allylic oxidation sites excluding steroid dienone is 1. The summed E-state index contributed by atoms with van der Waals surface area (Å²) < 4.78 is 1.52. The molecule has 0 saturated carbocycles. The molecule has 0 aliphatic carbocycles. The minimum absolute atomic E-state index is 0.166. The summed E-state index contributed by atoms with van der Waals surface area (Å²) in [5.41, 5.74) is 2.12. The van der Waals surface area contributed by atoms with Crippen molar-refractivity contribution in [2.75, 3.05) is 5.32 Å². The van der Waals surface area contributed by atoms with Crippen LogP contribution in [0.2, 0.25) is 5.02 Å². The van der Waals surface area contributed by atoms with Gasteiger partial charge < -0.3 is 5.32 Å². The Kier molecular flexibility index (Phi) is 6.21. The van der Waals surface area contributed by atoms with Crippen LogP contribution in [0.5, 0.6) is 0 Å². The molecule has 1 heterocycles. The van der Waals surface area contributed by atoms with E-state index in [0.717, 1.165) is 11.3 Å². The van der Waals surface area contributed by atoms with E-state index in [-0.39, 0.29) is 11.5 Å². The van der Waals surface area contributed by atoms with E-state index in [9.17, 15) is 9.59 Å². The van der Waals surface area contributed by atoms with Crippen LogP contribution >= 0.6 is 23.4 Å². The molecule has 144 valence electrons. The SMILES string of the molecule is C=CCn1c(SC(C)C(=O)Nc2cccc(C)c2)nc2cc(Cl)ccc2c1=O. The number of carbonyl (C=O) groups is 1. The van der Waals surface area contributed by atoms with Gasteiger partial charge in [-0.15, -0.1) is 6.58 Å². The fraction of sp³-hybridized carbons (Fsp3) is 0.190. The number of carbonyl (C=O) groups excluding carboxylic acids is 1. The molecular weight excluding hydrogens is 394 g/mol. The summed E-state index contributed by atoms with van der Waals surface area (Å²) in [6, 6.07) is 12.6. The first-order valence-corrected chi connectivity index (χ1v) is 10.00. The van der Waals surface area contributed by atoms with E-state index in [1.807, 2.05) is 31.2 Å². The Hall–Kier alpha value is -2.57. The quantitative estimate of drug-likeness (QED) is 0.362. The molecule has 1 N–H and O–H groups in total. The van der Waals surface area contributed by atoms with E-state index in [0.29, 0.717) is 27.6 Å². The average Bonchev–Trinajstić information content (AvgIpc) is 2.64. The minimum Gasteiger partial charge on any atom is -0.325 e. The highest BCUT2D eigenvalue weighted by molar-refractivity contribution is 8.00. The third-order valence-electron chi connectivity index (χ3n) is 4.13. The molecular formula is C21H20ClN3O2S. The number of halogens is 1. The molecule has 1 amide bonds. The highest BCUT2D eigenvalue weighted by Crippen LogP contribution is 2.25. The van der Waals surface area contributed by atoms with E-state index in [1.165, 1.54) is 16.3 Å². The molecule has 0 aliphatic rings. The van der Waals surface area contributed by atoms with Gasteiger partial charge in [0.2, 0.25) is 5.91 Å². The predicted octanol–water partition coefficient (Wildman–Crippen LogP) is 4.66. The molecule has 2 aromatic carbocycles. The summed E-state index contributed by atoms with van der Waals surface area (Å²) in [4.78, 5) is 30.0. The molecule has 3 rings (SSSR count). The van der Waals surface area contributed by atoms with Gasteiger partial charge in [-0.3, -0.25) is 14.2 Å². The average molecular weight is 414 g/mol. The number of benzene rings is 2. The first-order valence-electron chi connectivity index (χ1n) is 8.74. The number of amides is 1. The Morgan fingerprint density at radius 1 is 1.36 bits per heavy atom. The van der Waals surface area contributed by atoms with Crippen molar-refractivity contribution in [1.29, 1.82) is 0 Å². The number of nitrogens with zero attached hydrogens (tertiary/aromatic N) is 2. The number of thioether (sulfide) groups is 1. The number of aryl methyl sites for hydroxylation is 1. The van der Waals surface area contributed by atoms with E-state index >= 15 is 0 Å². The molecule has 0 bridgehead atoms. The van der Waals surface area contributed by atoms with Gasteiger partial charge in [0, 0.05) is 17.3 Å². The zero-order valence-electron chi connectivity index (χ0n) is 15.6. The van der Waals surface area contributed by atoms with Crippen LogP contribution in [0.3, 0.4) is 0 Å². The Morgan fingerprint density at radius 3 is 2.86 bits per heavy atom. The van der Waals surface area contributed by atoms with E-state index in [2.05, 4.69) is 16.9 Å². The van der Waals surface area contributed by atoms with Gasteiger partial charge in [0.25, 0.3) is 5.56 Å². The van der Waals surface area contributed by atoms with E-state index in [1.54, 1.807) is 31.2 Å². The van der Waals surface area contributed by atoms with Crippen molar-refractivity contribution in [2.45, 2.75) is 30.8 Å². The predicted molar refractivity (Wildman–Crippen MR) is 116 cm³/mol. The number of hydrogen-bond donors (Lipinski definition) is 1. The van der Waals surface area contributed by atoms with Crippen molar-refractivity contribution in [3.05, 3.63) is 76.1 Å². The molecule has 28 heavy (non-hydrogen) atoms. The number of hydrogen-bond acceptors (Lipinski definition) is 4. The van der Waals surface area contributed by atoms with E-state index in [4.69, 9.17) is 11.6 Å². The molecule has 5 nitrogen and oxygen atoms in total. The molecule has 0 fully saturated rings. The van der Waals surface area contributed by atoms with E-state index < -0.39 is 5.25 Å². The summed E-state index contributed by atoms with van der Waals surface area (Å²) in [6.07, 6.45) is 1.63. The van der Waals surface area contributed by atoms with Crippen LogP contribution in [0, 0.1) is 6.92 Å². The standard InChI is InChI=1S/C21H20ClN3O2S/c1-4-10-25-20(27)17-9-8-15(22)12-18(17)24-21(25)28-14(3)19(26)23-16-7-5-6-13(2)11-16/h4-9,11-12,14H,1,10H2,2-3H3,(H,23,26). The maximum atomic E-state index is 12.8. The fourth-order valence-corrected chi connectivity index (χ4v) is 3.82. The third-order valence-corrected chi connectivity index (χ3v) is 5.46. The summed E-state index contributed by atoms with van der Waals surface area (Å²) in [6.45, 7) is 7.76. The molecule has 7 heteroatoms. The second-order valence-corrected chi connectivity index (χ2v) is 8.12. The van der Waals surface area contributed by atoms with Gasteiger partial charge in [-0.25, -0.2) is 4.98 Å². The number of rotatable bonds is 6. The summed E-state index contributed by atoms with van der Waals surface area (Å²) >= 11 is 7.27. The van der Waals surface area contributed by atoms with Crippen LogP contribution in [0.4, 0.5) is 5.69 Å². The maximum absolute atomic E-state index is 12.8. The van der Waals surface area contributed by atoms with Crippen LogP contribution < -0.4 is 10.9 Å². The number of nitrogens with one attached hydrogen (secondary N) is 1. The van der Waals surface area contributed by atoms with Gasteiger partial charge in [0.1, 0.15) is 0 Å². The van der Waals surface area contributed by atoms with Crippen molar-refractivity contribution in [3.8, 4) is 0 Å². The smallest absolute Gasteiger partial charge is 0.262 e. The first kappa shape index (κ1) is 20.2. The number of anilines is 1. The van der Waals surface area contributed by atoms with Gasteiger partial charge in [0.05, 0.1) is 16.2 Å². The maximum Gasteiger partial charge on any atom is 0.262 e. The Morgan fingerprint density at radius 2 is 2.14 bits per heavy atom. The van der Waals surface area contributed by atoms with Gasteiger partial charge >= 0.3 is 0 Å². The monoisotopic (exact) mass is 413 g/mol. The van der Waals surface area contributed by atoms with Crippen LogP contribution in [0.1, 0.15) is 12.5 Å². The molecule has 0 spiro atoms. The van der Waals surface area contributed by atoms with Gasteiger partial charge in [-0.05, 0) is 49.7 Å². The molecule has 0 saturated heterocycles. The van der Waals surface area contributed by atoms with Crippen molar-refractivity contribution in [3.63, 3.8) is 0 Å². The lowest BCUT2D eigenvalue weighted by Crippen LogP contribution is -2.26. The fourth-order valence-electron chi connectivity index (χ4n) is 2.73. The lowest BCUT2D eigenvalue weighted by atomic mass is 10.2. The summed E-state index contributed by atoms with van der Waals surface area (Å²) in [5.74, 6) is -0.166. The lowest BCUT2D eigenvalue weighted by molar-refractivity contribution is -0.115. The van der Waals surface area contributed by atoms with Crippen molar-refractivity contribution in [2.24, 2.45) is 0 Å². The molecule has 0 aliphatic heterocycles. The summed E-state index contributed by atoms with van der Waals surface area (Å²) in [7, 11) is 0. The molecule has 3 aromatic rings. The second kappa shape index (κ2) is 8.63. The molecule has 0 radical (unpaired) electrons. The molecule has 1 aromatic heterocycles. The van der Waals surface area contributed by atoms with Gasteiger partial charge in [-0.2, -0.15) is 0 Å². The normalized spacial score (nSPS) is 12.0. The van der Waals surface area contributed by atoms with Crippen molar-refractivity contribution >= 4 is 45.9 Å². The highest BCUT2D eigenvalue weighted by atomic mass is 35.5. The lowest BCUT2D eigenvalue weighted by Gasteiger charge is -2.16. The zero-order valence-corrected chi connectivity index (χ0v) is 17.2. The van der Waals surface area contributed by atoms with Crippen molar-refractivity contribution in [1.82, 2.24) is 9.55 Å². The van der Waals surface area contributed by atoms with Crippen LogP contribution in [-0.2, 0) is 11.3 Å². The Balaban J connectivity index is 1.91. The number of fused-ring (bicyclic) bond motifs is 1. The highest BCUT2D eigenvalue weighted by Gasteiger charge is 2.19. The topological polar surface area (TPSA) is 64.0 Å². The largest absolute Gasteiger partial charge is 0.325 e. The first-order chi connectivity index (χ1) is 13.4. The van der Waals surface area contributed by atoms with Crippen LogP contribution in [-0.4, -0.2) is 20.7 Å². The van der Waals surface area contributed by atoms with Crippen LogP contribution in [0.25, 0.3) is 10.9 Å². The molecule has 1 unspecified atom stereocenters. The van der Waals surface area contributed by atoms with Crippen molar-refractivity contribution < 1.29 is 4.79 Å². The van der Waals surface area contributed by atoms with Crippen LogP contribution in [0.15, 0.2) is 65.1 Å². The van der Waals surface area contributed by atoms with Gasteiger partial charge in [0.15, 0.2) is 5.16 Å². The number of aromatic nitrogens is 2. The summed E-state index contributed by atoms with van der Waals surface area (Å²) in [5, 5.41) is 3.87. The third kappa shape index (κ3) is 4.46. The minimum atomic E-state index is -0.458. The van der Waals surface area contributed by atoms with Gasteiger partial charge in [-0.1, -0.05) is 41.6 Å². The molecule has 1 atom stereocenters. The Bertz CT molecular complexity index is 1110. The Labute approximate surface area is 172 Å². The zero-order chi connectivity index (χ0) is 20.3. The second-order valence-electron chi connectivity index (χ2n) is 6.38.